The second-order valence-electron chi connectivity index (χ2n) is 5.76. The number of imidazole rings is 1. The number of ether oxygens (including phenoxy) is 1. The van der Waals surface area contributed by atoms with Gasteiger partial charge in [0.15, 0.2) is 11.2 Å². The number of methoxy groups -OCH3 is 1. The lowest BCUT2D eigenvalue weighted by atomic mass is 10.3. The van der Waals surface area contributed by atoms with Gasteiger partial charge in [-0.05, 0) is 18.2 Å². The van der Waals surface area contributed by atoms with E-state index in [2.05, 4.69) is 10.3 Å². The summed E-state index contributed by atoms with van der Waals surface area (Å²) >= 11 is 6.02. The molecule has 2 aromatic heterocycles. The maximum Gasteiger partial charge on any atom is 0.332 e. The SMILES string of the molecule is COc1ccc(Cl)cc1Nc1nc2c(c(=O)n(C)c(=O)n2C)n1CC(=O)O. The van der Waals surface area contributed by atoms with E-state index in [1.54, 1.807) is 18.2 Å². The monoisotopic (exact) mass is 393 g/mol. The van der Waals surface area contributed by atoms with Crippen LogP contribution >= 0.6 is 11.6 Å². The molecule has 27 heavy (non-hydrogen) atoms. The maximum absolute atomic E-state index is 12.6. The van der Waals surface area contributed by atoms with Crippen LogP contribution in [0.1, 0.15) is 0 Å². The van der Waals surface area contributed by atoms with Crippen LogP contribution in [0.3, 0.4) is 0 Å². The predicted molar refractivity (Wildman–Crippen MR) is 99.1 cm³/mol. The van der Waals surface area contributed by atoms with Crippen LogP contribution in [0.2, 0.25) is 5.02 Å². The van der Waals surface area contributed by atoms with Crippen LogP contribution < -0.4 is 21.3 Å². The molecular formula is C16H16ClN5O5. The molecule has 0 aliphatic rings. The molecule has 11 heteroatoms. The second kappa shape index (κ2) is 6.80. The lowest BCUT2D eigenvalue weighted by Gasteiger charge is -2.12. The average Bonchev–Trinajstić information content (AvgIpc) is 2.96. The number of aryl methyl sites for hydroxylation is 1. The third kappa shape index (κ3) is 3.14. The minimum absolute atomic E-state index is 0.00880. The van der Waals surface area contributed by atoms with Gasteiger partial charge >= 0.3 is 11.7 Å². The zero-order valence-corrected chi connectivity index (χ0v) is 15.4. The van der Waals surface area contributed by atoms with Crippen LogP contribution in [-0.2, 0) is 25.4 Å². The number of anilines is 2. The fraction of sp³-hybridized carbons (Fsp3) is 0.250. The first-order valence-corrected chi connectivity index (χ1v) is 8.11. The highest BCUT2D eigenvalue weighted by Gasteiger charge is 2.21. The molecule has 2 heterocycles. The van der Waals surface area contributed by atoms with E-state index in [1.165, 1.54) is 30.3 Å². The number of carboxylic acids is 1. The highest BCUT2D eigenvalue weighted by molar-refractivity contribution is 6.31. The predicted octanol–water partition coefficient (Wildman–Crippen LogP) is 0.924. The molecule has 0 saturated heterocycles. The van der Waals surface area contributed by atoms with Gasteiger partial charge in [-0.3, -0.25) is 23.3 Å². The summed E-state index contributed by atoms with van der Waals surface area (Å²) in [5.41, 5.74) is -0.737. The van der Waals surface area contributed by atoms with Gasteiger partial charge in [0, 0.05) is 19.1 Å². The van der Waals surface area contributed by atoms with Crippen molar-refractivity contribution < 1.29 is 14.6 Å². The highest BCUT2D eigenvalue weighted by Crippen LogP contribution is 2.31. The summed E-state index contributed by atoms with van der Waals surface area (Å²) in [5.74, 6) is -0.673. The standard InChI is InChI=1S/C16H16ClN5O5/c1-20-13-12(14(25)21(2)16(20)26)22(7-11(23)24)15(19-13)18-9-6-8(17)4-5-10(9)27-3/h4-6H,7H2,1-3H3,(H,18,19)(H,23,24). The molecule has 0 aliphatic carbocycles. The molecule has 0 unspecified atom stereocenters. The Labute approximate surface area is 157 Å². The number of carbonyl (C=O) groups is 1. The molecule has 142 valence electrons. The first-order chi connectivity index (χ1) is 12.7. The molecule has 10 nitrogen and oxygen atoms in total. The summed E-state index contributed by atoms with van der Waals surface area (Å²) in [4.78, 5) is 40.3. The average molecular weight is 394 g/mol. The Morgan fingerprint density at radius 1 is 1.30 bits per heavy atom. The Hall–Kier alpha value is -3.27. The van der Waals surface area contributed by atoms with Crippen molar-refractivity contribution in [1.29, 1.82) is 0 Å². The first kappa shape index (κ1) is 18.5. The minimum atomic E-state index is -1.17. The van der Waals surface area contributed by atoms with Gasteiger partial charge in [0.2, 0.25) is 5.95 Å². The van der Waals surface area contributed by atoms with Crippen molar-refractivity contribution in [3.05, 3.63) is 44.1 Å². The van der Waals surface area contributed by atoms with E-state index in [0.29, 0.717) is 16.5 Å². The van der Waals surface area contributed by atoms with E-state index in [0.717, 1.165) is 4.57 Å². The minimum Gasteiger partial charge on any atom is -0.495 e. The quantitative estimate of drug-likeness (QED) is 0.661. The van der Waals surface area contributed by atoms with Gasteiger partial charge in [0.05, 0.1) is 12.8 Å². The summed E-state index contributed by atoms with van der Waals surface area (Å²) in [6, 6.07) is 4.83. The van der Waals surface area contributed by atoms with Crippen LogP contribution in [0, 0.1) is 0 Å². The molecule has 2 N–H and O–H groups in total. The third-order valence-corrected chi connectivity index (χ3v) is 4.28. The number of nitrogens with zero attached hydrogens (tertiary/aromatic N) is 4. The van der Waals surface area contributed by atoms with E-state index in [1.807, 2.05) is 0 Å². The molecule has 3 aromatic rings. The number of rotatable bonds is 5. The van der Waals surface area contributed by atoms with E-state index in [4.69, 9.17) is 16.3 Å². The molecule has 0 amide bonds. The number of hydrogen-bond donors (Lipinski definition) is 2. The zero-order chi connectivity index (χ0) is 19.9. The topological polar surface area (TPSA) is 120 Å². The smallest absolute Gasteiger partial charge is 0.332 e. The first-order valence-electron chi connectivity index (χ1n) is 7.73. The molecule has 3 rings (SSSR count). The van der Waals surface area contributed by atoms with Crippen molar-refractivity contribution in [2.24, 2.45) is 14.1 Å². The number of aromatic nitrogens is 4. The summed E-state index contributed by atoms with van der Waals surface area (Å²) in [6.07, 6.45) is 0. The van der Waals surface area contributed by atoms with Crippen molar-refractivity contribution >= 4 is 40.4 Å². The van der Waals surface area contributed by atoms with Crippen LogP contribution in [0.5, 0.6) is 5.75 Å². The molecule has 0 saturated carbocycles. The lowest BCUT2D eigenvalue weighted by Crippen LogP contribution is -2.37. The molecule has 0 bridgehead atoms. The zero-order valence-electron chi connectivity index (χ0n) is 14.7. The Kier molecular flexibility index (Phi) is 4.66. The number of aliphatic carboxylic acids is 1. The summed E-state index contributed by atoms with van der Waals surface area (Å²) in [5, 5.41) is 12.6. The fourth-order valence-corrected chi connectivity index (χ4v) is 2.90. The van der Waals surface area contributed by atoms with Crippen molar-refractivity contribution in [1.82, 2.24) is 18.7 Å². The largest absolute Gasteiger partial charge is 0.495 e. The van der Waals surface area contributed by atoms with Gasteiger partial charge < -0.3 is 15.2 Å². The van der Waals surface area contributed by atoms with Crippen LogP contribution in [-0.4, -0.2) is 36.9 Å². The molecule has 0 radical (unpaired) electrons. The van der Waals surface area contributed by atoms with Crippen LogP contribution in [0.4, 0.5) is 11.6 Å². The van der Waals surface area contributed by atoms with Crippen molar-refractivity contribution in [2.45, 2.75) is 6.54 Å². The highest BCUT2D eigenvalue weighted by atomic mass is 35.5. The number of benzene rings is 1. The molecular weight excluding hydrogens is 378 g/mol. The van der Waals surface area contributed by atoms with Gasteiger partial charge in [-0.15, -0.1) is 0 Å². The Balaban J connectivity index is 2.30. The third-order valence-electron chi connectivity index (χ3n) is 4.05. The van der Waals surface area contributed by atoms with Crippen molar-refractivity contribution in [3.8, 4) is 5.75 Å². The van der Waals surface area contributed by atoms with Crippen LogP contribution in [0.25, 0.3) is 11.2 Å². The van der Waals surface area contributed by atoms with Gasteiger partial charge in [0.25, 0.3) is 5.56 Å². The normalized spacial score (nSPS) is 11.0. The van der Waals surface area contributed by atoms with Crippen molar-refractivity contribution in [2.75, 3.05) is 12.4 Å². The molecule has 1 aromatic carbocycles. The van der Waals surface area contributed by atoms with E-state index in [-0.39, 0.29) is 17.1 Å². The van der Waals surface area contributed by atoms with Gasteiger partial charge in [-0.25, -0.2) is 4.79 Å². The van der Waals surface area contributed by atoms with E-state index < -0.39 is 23.8 Å². The maximum atomic E-state index is 12.6. The van der Waals surface area contributed by atoms with Gasteiger partial charge in [0.1, 0.15) is 12.3 Å². The molecule has 0 spiro atoms. The molecule has 0 aliphatic heterocycles. The van der Waals surface area contributed by atoms with Gasteiger partial charge in [-0.2, -0.15) is 4.98 Å². The van der Waals surface area contributed by atoms with Crippen LogP contribution in [0.15, 0.2) is 27.8 Å². The second-order valence-corrected chi connectivity index (χ2v) is 6.20. The summed E-state index contributed by atoms with van der Waals surface area (Å²) in [7, 11) is 4.23. The number of carboxylic acid groups (broad SMARTS) is 1. The number of nitrogens with one attached hydrogen (secondary N) is 1. The Morgan fingerprint density at radius 3 is 2.63 bits per heavy atom. The number of hydrogen-bond acceptors (Lipinski definition) is 6. The van der Waals surface area contributed by atoms with Crippen molar-refractivity contribution in [3.63, 3.8) is 0 Å². The summed E-state index contributed by atoms with van der Waals surface area (Å²) < 4.78 is 8.52. The van der Waals surface area contributed by atoms with E-state index in [9.17, 15) is 19.5 Å². The Morgan fingerprint density at radius 2 is 2.00 bits per heavy atom. The summed E-state index contributed by atoms with van der Waals surface area (Å²) in [6.45, 7) is -0.533. The van der Waals surface area contributed by atoms with E-state index >= 15 is 0 Å². The number of fused-ring (bicyclic) bond motifs is 1. The molecule has 0 fully saturated rings. The fourth-order valence-electron chi connectivity index (χ4n) is 2.73. The molecule has 0 atom stereocenters. The van der Waals surface area contributed by atoms with Gasteiger partial charge in [-0.1, -0.05) is 11.6 Å². The Bertz CT molecular complexity index is 1180. The number of halogens is 1. The lowest BCUT2D eigenvalue weighted by molar-refractivity contribution is -0.137.